The second-order valence-electron chi connectivity index (χ2n) is 6.10. The third-order valence-electron chi connectivity index (χ3n) is 4.56. The Morgan fingerprint density at radius 1 is 1.32 bits per heavy atom. The van der Waals surface area contributed by atoms with E-state index in [0.717, 1.165) is 37.1 Å². The van der Waals surface area contributed by atoms with E-state index in [0.29, 0.717) is 13.0 Å². The zero-order valence-electron chi connectivity index (χ0n) is 12.9. The number of rotatable bonds is 4. The van der Waals surface area contributed by atoms with Crippen molar-refractivity contribution in [3.05, 3.63) is 24.3 Å². The van der Waals surface area contributed by atoms with Gasteiger partial charge in [-0.2, -0.15) is 0 Å². The zero-order chi connectivity index (χ0) is 15.5. The molecule has 2 aliphatic rings. The lowest BCUT2D eigenvalue weighted by Gasteiger charge is -2.19. The Kier molecular flexibility index (Phi) is 4.32. The molecule has 1 aromatic rings. The first-order valence-electron chi connectivity index (χ1n) is 7.92. The SMILES string of the molecule is COc1cccc(N2C[C@@H](NC(=O)C3CCCC3)CC2=O)c1. The lowest BCUT2D eigenvalue weighted by atomic mass is 10.1. The van der Waals surface area contributed by atoms with Gasteiger partial charge in [0, 0.05) is 30.6 Å². The van der Waals surface area contributed by atoms with Crippen LogP contribution in [0.25, 0.3) is 0 Å². The van der Waals surface area contributed by atoms with Crippen molar-refractivity contribution >= 4 is 17.5 Å². The second kappa shape index (κ2) is 6.38. The van der Waals surface area contributed by atoms with Gasteiger partial charge in [0.2, 0.25) is 11.8 Å². The molecule has 1 aliphatic heterocycles. The third kappa shape index (κ3) is 3.08. The summed E-state index contributed by atoms with van der Waals surface area (Å²) in [4.78, 5) is 26.1. The standard InChI is InChI=1S/C17H22N2O3/c1-22-15-8-4-7-14(10-15)19-11-13(9-16(19)20)18-17(21)12-5-2-3-6-12/h4,7-8,10,12-13H,2-3,5-6,9,11H2,1H3,(H,18,21)/t13-/m0/s1. The molecule has 0 aromatic heterocycles. The molecule has 3 rings (SSSR count). The summed E-state index contributed by atoms with van der Waals surface area (Å²) in [7, 11) is 1.61. The topological polar surface area (TPSA) is 58.6 Å². The van der Waals surface area contributed by atoms with E-state index in [4.69, 9.17) is 4.74 Å². The summed E-state index contributed by atoms with van der Waals surface area (Å²) in [5.41, 5.74) is 0.821. The van der Waals surface area contributed by atoms with Crippen LogP contribution in [0, 0.1) is 5.92 Å². The summed E-state index contributed by atoms with van der Waals surface area (Å²) in [6, 6.07) is 7.36. The number of methoxy groups -OCH3 is 1. The summed E-state index contributed by atoms with van der Waals surface area (Å²) in [6.07, 6.45) is 4.60. The number of anilines is 1. The van der Waals surface area contributed by atoms with Gasteiger partial charge in [0.1, 0.15) is 5.75 Å². The van der Waals surface area contributed by atoms with Crippen molar-refractivity contribution in [1.29, 1.82) is 0 Å². The minimum atomic E-state index is -0.0909. The van der Waals surface area contributed by atoms with E-state index in [1.54, 1.807) is 12.0 Å². The Balaban J connectivity index is 1.63. The van der Waals surface area contributed by atoms with Crippen molar-refractivity contribution in [2.75, 3.05) is 18.6 Å². The highest BCUT2D eigenvalue weighted by atomic mass is 16.5. The van der Waals surface area contributed by atoms with Gasteiger partial charge in [-0.05, 0) is 25.0 Å². The van der Waals surface area contributed by atoms with Crippen molar-refractivity contribution in [3.63, 3.8) is 0 Å². The zero-order valence-corrected chi connectivity index (χ0v) is 12.9. The van der Waals surface area contributed by atoms with Gasteiger partial charge in [0.05, 0.1) is 13.2 Å². The Morgan fingerprint density at radius 3 is 2.82 bits per heavy atom. The number of nitrogens with zero attached hydrogens (tertiary/aromatic N) is 1. The van der Waals surface area contributed by atoms with Gasteiger partial charge in [-0.3, -0.25) is 9.59 Å². The van der Waals surface area contributed by atoms with Crippen LogP contribution in [0.15, 0.2) is 24.3 Å². The average molecular weight is 302 g/mol. The molecule has 1 atom stereocenters. The number of carbonyl (C=O) groups is 2. The second-order valence-corrected chi connectivity index (χ2v) is 6.10. The molecule has 2 fully saturated rings. The van der Waals surface area contributed by atoms with Crippen LogP contribution in [0.1, 0.15) is 32.1 Å². The fourth-order valence-electron chi connectivity index (χ4n) is 3.34. The monoisotopic (exact) mass is 302 g/mol. The van der Waals surface area contributed by atoms with Crippen LogP contribution < -0.4 is 15.0 Å². The van der Waals surface area contributed by atoms with E-state index in [1.807, 2.05) is 24.3 Å². The van der Waals surface area contributed by atoms with Crippen LogP contribution >= 0.6 is 0 Å². The van der Waals surface area contributed by atoms with Crippen molar-refractivity contribution < 1.29 is 14.3 Å². The van der Waals surface area contributed by atoms with Crippen molar-refractivity contribution in [3.8, 4) is 5.75 Å². The van der Waals surface area contributed by atoms with Gasteiger partial charge in [0.15, 0.2) is 0 Å². The minimum Gasteiger partial charge on any atom is -0.497 e. The molecule has 118 valence electrons. The highest BCUT2D eigenvalue weighted by Crippen LogP contribution is 2.27. The third-order valence-corrected chi connectivity index (χ3v) is 4.56. The molecule has 0 radical (unpaired) electrons. The van der Waals surface area contributed by atoms with Gasteiger partial charge in [-0.25, -0.2) is 0 Å². The first-order valence-corrected chi connectivity index (χ1v) is 7.92. The number of ether oxygens (including phenoxy) is 1. The molecule has 1 aromatic carbocycles. The van der Waals surface area contributed by atoms with E-state index in [1.165, 1.54) is 0 Å². The first kappa shape index (κ1) is 14.9. The Labute approximate surface area is 130 Å². The van der Waals surface area contributed by atoms with Gasteiger partial charge in [-0.1, -0.05) is 18.9 Å². The molecule has 0 spiro atoms. The minimum absolute atomic E-state index is 0.0463. The highest BCUT2D eigenvalue weighted by Gasteiger charge is 2.33. The molecular weight excluding hydrogens is 280 g/mol. The normalized spacial score (nSPS) is 22.1. The van der Waals surface area contributed by atoms with Crippen molar-refractivity contribution in [1.82, 2.24) is 5.32 Å². The number of benzene rings is 1. The summed E-state index contributed by atoms with van der Waals surface area (Å²) in [5, 5.41) is 3.05. The molecule has 1 aliphatic carbocycles. The quantitative estimate of drug-likeness (QED) is 0.926. The Bertz CT molecular complexity index is 567. The largest absolute Gasteiger partial charge is 0.497 e. The molecule has 5 nitrogen and oxygen atoms in total. The molecule has 0 unspecified atom stereocenters. The number of nitrogens with one attached hydrogen (secondary N) is 1. The smallest absolute Gasteiger partial charge is 0.229 e. The molecule has 1 N–H and O–H groups in total. The van der Waals surface area contributed by atoms with Gasteiger partial charge in [-0.15, -0.1) is 0 Å². The maximum absolute atomic E-state index is 12.2. The first-order chi connectivity index (χ1) is 10.7. The molecule has 1 saturated carbocycles. The van der Waals surface area contributed by atoms with Crippen LogP contribution in [-0.4, -0.2) is 31.5 Å². The van der Waals surface area contributed by atoms with Gasteiger partial charge in [0.25, 0.3) is 0 Å². The summed E-state index contributed by atoms with van der Waals surface area (Å²) >= 11 is 0. The summed E-state index contributed by atoms with van der Waals surface area (Å²) < 4.78 is 5.20. The molecule has 5 heteroatoms. The highest BCUT2D eigenvalue weighted by molar-refractivity contribution is 5.97. The fraction of sp³-hybridized carbons (Fsp3) is 0.529. The van der Waals surface area contributed by atoms with Crippen LogP contribution in [0.4, 0.5) is 5.69 Å². The van der Waals surface area contributed by atoms with E-state index in [9.17, 15) is 9.59 Å². The lowest BCUT2D eigenvalue weighted by Crippen LogP contribution is -2.40. The molecule has 0 bridgehead atoms. The number of hydrogen-bond acceptors (Lipinski definition) is 3. The molecular formula is C17H22N2O3. The molecule has 2 amide bonds. The van der Waals surface area contributed by atoms with Crippen molar-refractivity contribution in [2.45, 2.75) is 38.1 Å². The predicted octanol–water partition coefficient (Wildman–Crippen LogP) is 2.11. The maximum atomic E-state index is 12.2. The summed E-state index contributed by atoms with van der Waals surface area (Å²) in [5.74, 6) is 1.03. The van der Waals surface area contributed by atoms with Gasteiger partial charge >= 0.3 is 0 Å². The fourth-order valence-corrected chi connectivity index (χ4v) is 3.34. The molecule has 22 heavy (non-hydrogen) atoms. The van der Waals surface area contributed by atoms with Crippen LogP contribution in [-0.2, 0) is 9.59 Å². The predicted molar refractivity (Wildman–Crippen MR) is 83.9 cm³/mol. The Hall–Kier alpha value is -2.04. The van der Waals surface area contributed by atoms with Crippen LogP contribution in [0.5, 0.6) is 5.75 Å². The van der Waals surface area contributed by atoms with E-state index >= 15 is 0 Å². The van der Waals surface area contributed by atoms with E-state index in [2.05, 4.69) is 5.32 Å². The van der Waals surface area contributed by atoms with Crippen molar-refractivity contribution in [2.24, 2.45) is 5.92 Å². The molecule has 1 heterocycles. The lowest BCUT2D eigenvalue weighted by molar-refractivity contribution is -0.125. The van der Waals surface area contributed by atoms with Crippen LogP contribution in [0.3, 0.4) is 0 Å². The van der Waals surface area contributed by atoms with Crippen LogP contribution in [0.2, 0.25) is 0 Å². The molecule has 1 saturated heterocycles. The average Bonchev–Trinajstić information content (AvgIpc) is 3.17. The number of amides is 2. The maximum Gasteiger partial charge on any atom is 0.229 e. The number of carbonyl (C=O) groups excluding carboxylic acids is 2. The van der Waals surface area contributed by atoms with E-state index < -0.39 is 0 Å². The van der Waals surface area contributed by atoms with Gasteiger partial charge < -0.3 is 15.0 Å². The number of hydrogen-bond donors (Lipinski definition) is 1. The van der Waals surface area contributed by atoms with E-state index in [-0.39, 0.29) is 23.8 Å². The Morgan fingerprint density at radius 2 is 2.09 bits per heavy atom. The summed E-state index contributed by atoms with van der Waals surface area (Å²) in [6.45, 7) is 0.532.